The quantitative estimate of drug-likeness (QED) is 0.490. The molecular formula is C20H17FN2O5S2. The van der Waals surface area contributed by atoms with Gasteiger partial charge in [-0.1, -0.05) is 24.3 Å². The molecule has 3 rings (SSSR count). The molecule has 30 heavy (non-hydrogen) atoms. The van der Waals surface area contributed by atoms with Crippen molar-refractivity contribution in [2.24, 2.45) is 0 Å². The molecule has 0 saturated heterocycles. The Labute approximate surface area is 176 Å². The number of halogens is 1. The average Bonchev–Trinajstić information content (AvgIpc) is 3.25. The lowest BCUT2D eigenvalue weighted by Crippen LogP contribution is -2.42. The Hall–Kier alpha value is -3.24. The summed E-state index contributed by atoms with van der Waals surface area (Å²) >= 11 is 1.05. The number of rotatable bonds is 8. The Bertz CT molecular complexity index is 1150. The SMILES string of the molecule is O=C(NC(Cc1ccc(F)cc1)C(=O)O)c1cccc(NS(=O)(=O)c2cccs2)c1. The summed E-state index contributed by atoms with van der Waals surface area (Å²) in [5.74, 6) is -2.37. The standard InChI is InChI=1S/C20H17FN2O5S2/c21-15-8-6-13(7-9-15)11-17(20(25)26)22-19(24)14-3-1-4-16(12-14)23-30(27,28)18-5-2-10-29-18/h1-10,12,17,23H,11H2,(H,22,24)(H,25,26). The maximum Gasteiger partial charge on any atom is 0.326 e. The third-order valence-corrected chi connectivity index (χ3v) is 6.87. The number of aliphatic carboxylic acids is 1. The minimum atomic E-state index is -3.78. The molecule has 0 bridgehead atoms. The fourth-order valence-corrected chi connectivity index (χ4v) is 4.69. The van der Waals surface area contributed by atoms with Gasteiger partial charge in [-0.05, 0) is 47.3 Å². The molecule has 0 aliphatic carbocycles. The third-order valence-electron chi connectivity index (χ3n) is 4.09. The second-order valence-corrected chi connectivity index (χ2v) is 9.17. The second-order valence-electron chi connectivity index (χ2n) is 6.31. The second kappa shape index (κ2) is 9.06. The summed E-state index contributed by atoms with van der Waals surface area (Å²) in [4.78, 5) is 24.1. The van der Waals surface area contributed by atoms with Gasteiger partial charge in [-0.3, -0.25) is 9.52 Å². The number of carbonyl (C=O) groups excluding carboxylic acids is 1. The van der Waals surface area contributed by atoms with Gasteiger partial charge in [0.1, 0.15) is 16.1 Å². The molecular weight excluding hydrogens is 431 g/mol. The van der Waals surface area contributed by atoms with Crippen LogP contribution in [0.1, 0.15) is 15.9 Å². The van der Waals surface area contributed by atoms with Gasteiger partial charge >= 0.3 is 5.97 Å². The van der Waals surface area contributed by atoms with E-state index in [1.165, 1.54) is 54.6 Å². The molecule has 1 heterocycles. The topological polar surface area (TPSA) is 113 Å². The first-order valence-corrected chi connectivity index (χ1v) is 11.1. The molecule has 0 fully saturated rings. The lowest BCUT2D eigenvalue weighted by molar-refractivity contribution is -0.139. The minimum Gasteiger partial charge on any atom is -0.480 e. The van der Waals surface area contributed by atoms with Gasteiger partial charge in [0.05, 0.1) is 0 Å². The lowest BCUT2D eigenvalue weighted by atomic mass is 10.1. The maximum absolute atomic E-state index is 13.0. The van der Waals surface area contributed by atoms with E-state index >= 15 is 0 Å². The van der Waals surface area contributed by atoms with Gasteiger partial charge in [0.25, 0.3) is 15.9 Å². The van der Waals surface area contributed by atoms with Crippen molar-refractivity contribution < 1.29 is 27.5 Å². The number of sulfonamides is 1. The zero-order valence-electron chi connectivity index (χ0n) is 15.4. The number of carboxylic acid groups (broad SMARTS) is 1. The first-order valence-electron chi connectivity index (χ1n) is 8.69. The van der Waals surface area contributed by atoms with Crippen LogP contribution in [0.4, 0.5) is 10.1 Å². The first-order chi connectivity index (χ1) is 14.2. The van der Waals surface area contributed by atoms with Gasteiger partial charge in [-0.25, -0.2) is 17.6 Å². The normalized spacial score (nSPS) is 12.2. The van der Waals surface area contributed by atoms with Crippen molar-refractivity contribution in [1.29, 1.82) is 0 Å². The van der Waals surface area contributed by atoms with Crippen molar-refractivity contribution in [3.63, 3.8) is 0 Å². The van der Waals surface area contributed by atoms with Crippen molar-refractivity contribution in [1.82, 2.24) is 5.32 Å². The zero-order chi connectivity index (χ0) is 21.7. The van der Waals surface area contributed by atoms with Crippen LogP contribution in [0.2, 0.25) is 0 Å². The van der Waals surface area contributed by atoms with Crippen LogP contribution >= 0.6 is 11.3 Å². The highest BCUT2D eigenvalue weighted by Gasteiger charge is 2.22. The Morgan fingerprint density at radius 1 is 1.07 bits per heavy atom. The molecule has 0 spiro atoms. The molecule has 1 unspecified atom stereocenters. The van der Waals surface area contributed by atoms with E-state index in [0.717, 1.165) is 11.3 Å². The number of benzene rings is 2. The number of amides is 1. The molecule has 156 valence electrons. The summed E-state index contributed by atoms with van der Waals surface area (Å²) in [6.07, 6.45) is -0.0357. The number of hydrogen-bond acceptors (Lipinski definition) is 5. The van der Waals surface area contributed by atoms with Gasteiger partial charge in [0, 0.05) is 17.7 Å². The number of hydrogen-bond donors (Lipinski definition) is 3. The highest BCUT2D eigenvalue weighted by molar-refractivity contribution is 7.94. The Kier molecular flexibility index (Phi) is 6.48. The Morgan fingerprint density at radius 2 is 1.80 bits per heavy atom. The van der Waals surface area contributed by atoms with Crippen molar-refractivity contribution in [2.45, 2.75) is 16.7 Å². The van der Waals surface area contributed by atoms with Gasteiger partial charge in [-0.15, -0.1) is 11.3 Å². The average molecular weight is 448 g/mol. The summed E-state index contributed by atoms with van der Waals surface area (Å²) < 4.78 is 40.2. The van der Waals surface area contributed by atoms with E-state index in [4.69, 9.17) is 0 Å². The smallest absolute Gasteiger partial charge is 0.326 e. The Balaban J connectivity index is 1.73. The van der Waals surface area contributed by atoms with Crippen LogP contribution in [-0.4, -0.2) is 31.4 Å². The molecule has 3 aromatic rings. The fraction of sp³-hybridized carbons (Fsp3) is 0.100. The largest absolute Gasteiger partial charge is 0.480 e. The molecule has 7 nitrogen and oxygen atoms in total. The van der Waals surface area contributed by atoms with Gasteiger partial charge in [-0.2, -0.15) is 0 Å². The highest BCUT2D eigenvalue weighted by atomic mass is 32.2. The third kappa shape index (κ3) is 5.43. The number of nitrogens with one attached hydrogen (secondary N) is 2. The van der Waals surface area contributed by atoms with Gasteiger partial charge in [0.15, 0.2) is 0 Å². The molecule has 1 amide bonds. The summed E-state index contributed by atoms with van der Waals surface area (Å²) in [6, 6.07) is 12.8. The summed E-state index contributed by atoms with van der Waals surface area (Å²) in [7, 11) is -3.78. The molecule has 0 saturated carbocycles. The van der Waals surface area contributed by atoms with Crippen LogP contribution in [-0.2, 0) is 21.2 Å². The van der Waals surface area contributed by atoms with E-state index in [1.807, 2.05) is 0 Å². The fourth-order valence-electron chi connectivity index (χ4n) is 2.64. The molecule has 1 atom stereocenters. The van der Waals surface area contributed by atoms with Gasteiger partial charge < -0.3 is 10.4 Å². The maximum atomic E-state index is 13.0. The van der Waals surface area contributed by atoms with Crippen molar-refractivity contribution in [3.05, 3.63) is 83.0 Å². The summed E-state index contributed by atoms with van der Waals surface area (Å²) in [5.41, 5.74) is 0.801. The number of carboxylic acids is 1. The van der Waals surface area contributed by atoms with E-state index in [0.29, 0.717) is 5.56 Å². The highest BCUT2D eigenvalue weighted by Crippen LogP contribution is 2.21. The molecule has 3 N–H and O–H groups in total. The van der Waals surface area contributed by atoms with Crippen LogP contribution in [0.25, 0.3) is 0 Å². The Morgan fingerprint density at radius 3 is 2.43 bits per heavy atom. The van der Waals surface area contributed by atoms with Crippen LogP contribution in [0.3, 0.4) is 0 Å². The zero-order valence-corrected chi connectivity index (χ0v) is 17.0. The van der Waals surface area contributed by atoms with E-state index in [-0.39, 0.29) is 21.9 Å². The monoisotopic (exact) mass is 448 g/mol. The summed E-state index contributed by atoms with van der Waals surface area (Å²) in [5, 5.41) is 13.5. The van der Waals surface area contributed by atoms with E-state index in [2.05, 4.69) is 10.0 Å². The molecule has 0 aliphatic heterocycles. The number of carbonyl (C=O) groups is 2. The molecule has 0 radical (unpaired) electrons. The van der Waals surface area contributed by atoms with Crippen LogP contribution in [0, 0.1) is 5.82 Å². The first kappa shape index (κ1) is 21.5. The van der Waals surface area contributed by atoms with Crippen molar-refractivity contribution in [3.8, 4) is 0 Å². The van der Waals surface area contributed by atoms with Crippen molar-refractivity contribution in [2.75, 3.05) is 4.72 Å². The van der Waals surface area contributed by atoms with E-state index < -0.39 is 33.8 Å². The minimum absolute atomic E-state index is 0.0357. The van der Waals surface area contributed by atoms with E-state index in [9.17, 15) is 27.5 Å². The lowest BCUT2D eigenvalue weighted by Gasteiger charge is -2.15. The predicted octanol–water partition coefficient (Wildman–Crippen LogP) is 3.11. The van der Waals surface area contributed by atoms with Crippen molar-refractivity contribution >= 4 is 38.9 Å². The predicted molar refractivity (Wildman–Crippen MR) is 111 cm³/mol. The molecule has 1 aromatic heterocycles. The molecule has 0 aliphatic rings. The summed E-state index contributed by atoms with van der Waals surface area (Å²) in [6.45, 7) is 0. The van der Waals surface area contributed by atoms with Crippen LogP contribution < -0.4 is 10.0 Å². The molecule has 2 aromatic carbocycles. The molecule has 10 heteroatoms. The van der Waals surface area contributed by atoms with Crippen LogP contribution in [0.5, 0.6) is 0 Å². The van der Waals surface area contributed by atoms with Crippen LogP contribution in [0.15, 0.2) is 70.3 Å². The van der Waals surface area contributed by atoms with E-state index in [1.54, 1.807) is 11.4 Å². The number of anilines is 1. The number of thiophene rings is 1. The van der Waals surface area contributed by atoms with Gasteiger partial charge in [0.2, 0.25) is 0 Å².